The van der Waals surface area contributed by atoms with E-state index in [0.717, 1.165) is 51.4 Å². The van der Waals surface area contributed by atoms with Crippen LogP contribution < -0.4 is 4.90 Å². The molecule has 1 aromatic carbocycles. The number of ether oxygens (including phenoxy) is 1. The van der Waals surface area contributed by atoms with Gasteiger partial charge in [-0.1, -0.05) is 23.4 Å². The molecule has 1 aliphatic heterocycles. The summed E-state index contributed by atoms with van der Waals surface area (Å²) in [6.07, 6.45) is 2.63. The quantitative estimate of drug-likeness (QED) is 0.735. The second-order valence-electron chi connectivity index (χ2n) is 5.56. The molecule has 0 N–H and O–H groups in total. The van der Waals surface area contributed by atoms with E-state index in [-0.39, 0.29) is 0 Å². The number of hydrogen-bond acceptors (Lipinski definition) is 5. The normalized spacial score (nSPS) is 16.1. The van der Waals surface area contributed by atoms with Gasteiger partial charge in [-0.25, -0.2) is 0 Å². The standard InChI is InChI=1S/C17H23N3O2/c1-2-5-17(6-3-1)20-11-9-19(10-12-20)8-4-13-21-15-16-7-14-22-18-16/h1-3,5-7,14H,4,8-13,15H2. The second-order valence-corrected chi connectivity index (χ2v) is 5.56. The minimum Gasteiger partial charge on any atom is -0.375 e. The van der Waals surface area contributed by atoms with Gasteiger partial charge >= 0.3 is 0 Å². The molecule has 22 heavy (non-hydrogen) atoms. The Morgan fingerprint density at radius 2 is 1.86 bits per heavy atom. The first-order chi connectivity index (χ1) is 10.9. The zero-order chi connectivity index (χ0) is 15.0. The van der Waals surface area contributed by atoms with E-state index in [1.807, 2.05) is 6.07 Å². The van der Waals surface area contributed by atoms with Crippen LogP contribution in [0.25, 0.3) is 0 Å². The van der Waals surface area contributed by atoms with Crippen molar-refractivity contribution in [3.05, 3.63) is 48.4 Å². The molecule has 1 fully saturated rings. The lowest BCUT2D eigenvalue weighted by Crippen LogP contribution is -2.46. The number of anilines is 1. The SMILES string of the molecule is c1ccc(N2CCN(CCCOCc3ccon3)CC2)cc1. The predicted molar refractivity (Wildman–Crippen MR) is 85.9 cm³/mol. The minimum atomic E-state index is 0.540. The average molecular weight is 301 g/mol. The van der Waals surface area contributed by atoms with Crippen molar-refractivity contribution in [3.8, 4) is 0 Å². The number of para-hydroxylation sites is 1. The summed E-state index contributed by atoms with van der Waals surface area (Å²) < 4.78 is 10.4. The molecule has 5 nitrogen and oxygen atoms in total. The molecule has 0 amide bonds. The van der Waals surface area contributed by atoms with Gasteiger partial charge in [0.05, 0.1) is 6.61 Å². The van der Waals surface area contributed by atoms with E-state index in [9.17, 15) is 0 Å². The van der Waals surface area contributed by atoms with Crippen LogP contribution in [0.1, 0.15) is 12.1 Å². The molecule has 0 spiro atoms. The van der Waals surface area contributed by atoms with E-state index in [1.54, 1.807) is 6.26 Å². The summed E-state index contributed by atoms with van der Waals surface area (Å²) in [7, 11) is 0. The van der Waals surface area contributed by atoms with E-state index in [1.165, 1.54) is 5.69 Å². The highest BCUT2D eigenvalue weighted by atomic mass is 16.5. The topological polar surface area (TPSA) is 41.7 Å². The Morgan fingerprint density at radius 3 is 2.59 bits per heavy atom. The summed E-state index contributed by atoms with van der Waals surface area (Å²) in [6, 6.07) is 12.5. The summed E-state index contributed by atoms with van der Waals surface area (Å²) in [5.41, 5.74) is 2.19. The number of piperazine rings is 1. The number of aromatic nitrogens is 1. The van der Waals surface area contributed by atoms with E-state index in [0.29, 0.717) is 6.61 Å². The van der Waals surface area contributed by atoms with Gasteiger partial charge in [-0.15, -0.1) is 0 Å². The van der Waals surface area contributed by atoms with Gasteiger partial charge in [0, 0.05) is 51.1 Å². The van der Waals surface area contributed by atoms with Crippen molar-refractivity contribution < 1.29 is 9.26 Å². The summed E-state index contributed by atoms with van der Waals surface area (Å²) in [5.74, 6) is 0. The molecule has 2 aromatic rings. The van der Waals surface area contributed by atoms with Crippen LogP contribution in [0.4, 0.5) is 5.69 Å². The molecule has 0 aliphatic carbocycles. The fourth-order valence-electron chi connectivity index (χ4n) is 2.75. The monoisotopic (exact) mass is 301 g/mol. The molecule has 0 unspecified atom stereocenters. The lowest BCUT2D eigenvalue weighted by atomic mass is 10.2. The Kier molecular flexibility index (Phi) is 5.45. The van der Waals surface area contributed by atoms with Crippen molar-refractivity contribution in [2.45, 2.75) is 13.0 Å². The third-order valence-corrected chi connectivity index (χ3v) is 4.00. The highest BCUT2D eigenvalue weighted by Gasteiger charge is 2.16. The minimum absolute atomic E-state index is 0.540. The van der Waals surface area contributed by atoms with Gasteiger partial charge in [-0.05, 0) is 18.6 Å². The van der Waals surface area contributed by atoms with Crippen LogP contribution in [0, 0.1) is 0 Å². The zero-order valence-corrected chi connectivity index (χ0v) is 12.9. The van der Waals surface area contributed by atoms with E-state index in [4.69, 9.17) is 9.26 Å². The Hall–Kier alpha value is -1.85. The van der Waals surface area contributed by atoms with Gasteiger partial charge in [-0.3, -0.25) is 4.90 Å². The van der Waals surface area contributed by atoms with Crippen molar-refractivity contribution in [3.63, 3.8) is 0 Å². The average Bonchev–Trinajstić information content (AvgIpc) is 3.09. The maximum atomic E-state index is 5.60. The second kappa shape index (κ2) is 7.96. The Labute approximate surface area is 131 Å². The first-order valence-electron chi connectivity index (χ1n) is 7.91. The molecule has 0 atom stereocenters. The Morgan fingerprint density at radius 1 is 1.05 bits per heavy atom. The van der Waals surface area contributed by atoms with E-state index >= 15 is 0 Å². The van der Waals surface area contributed by atoms with Gasteiger partial charge < -0.3 is 14.2 Å². The lowest BCUT2D eigenvalue weighted by molar-refractivity contribution is 0.103. The zero-order valence-electron chi connectivity index (χ0n) is 12.9. The van der Waals surface area contributed by atoms with Crippen LogP contribution in [-0.4, -0.2) is 49.4 Å². The molecule has 118 valence electrons. The Balaban J connectivity index is 1.29. The van der Waals surface area contributed by atoms with Crippen LogP contribution in [0.15, 0.2) is 47.2 Å². The highest BCUT2D eigenvalue weighted by Crippen LogP contribution is 2.15. The fraction of sp³-hybridized carbons (Fsp3) is 0.471. The number of hydrogen-bond donors (Lipinski definition) is 0. The molecular formula is C17H23N3O2. The van der Waals surface area contributed by atoms with E-state index < -0.39 is 0 Å². The third-order valence-electron chi connectivity index (χ3n) is 4.00. The van der Waals surface area contributed by atoms with Crippen LogP contribution in [0.2, 0.25) is 0 Å². The smallest absolute Gasteiger partial charge is 0.124 e. The summed E-state index contributed by atoms with van der Waals surface area (Å²) in [4.78, 5) is 4.97. The molecule has 1 aliphatic rings. The third kappa shape index (κ3) is 4.32. The molecular weight excluding hydrogens is 278 g/mol. The molecule has 0 bridgehead atoms. The van der Waals surface area contributed by atoms with Gasteiger partial charge in [0.1, 0.15) is 12.0 Å². The van der Waals surface area contributed by atoms with Crippen molar-refractivity contribution in [1.82, 2.24) is 10.1 Å². The van der Waals surface area contributed by atoms with Gasteiger partial charge in [0.15, 0.2) is 0 Å². The van der Waals surface area contributed by atoms with Crippen LogP contribution in [0.3, 0.4) is 0 Å². The maximum absolute atomic E-state index is 5.60. The maximum Gasteiger partial charge on any atom is 0.124 e. The largest absolute Gasteiger partial charge is 0.375 e. The first-order valence-corrected chi connectivity index (χ1v) is 7.91. The molecule has 3 rings (SSSR count). The van der Waals surface area contributed by atoms with Gasteiger partial charge in [-0.2, -0.15) is 0 Å². The number of rotatable bonds is 7. The van der Waals surface area contributed by atoms with Gasteiger partial charge in [0.2, 0.25) is 0 Å². The number of benzene rings is 1. The van der Waals surface area contributed by atoms with Crippen LogP contribution >= 0.6 is 0 Å². The van der Waals surface area contributed by atoms with Crippen molar-refractivity contribution >= 4 is 5.69 Å². The fourth-order valence-corrected chi connectivity index (χ4v) is 2.75. The molecule has 1 saturated heterocycles. The predicted octanol–water partition coefficient (Wildman–Crippen LogP) is 2.40. The first kappa shape index (κ1) is 15.1. The molecule has 2 heterocycles. The summed E-state index contributed by atoms with van der Waals surface area (Å²) >= 11 is 0. The summed E-state index contributed by atoms with van der Waals surface area (Å²) in [5, 5.41) is 3.82. The molecule has 0 saturated carbocycles. The van der Waals surface area contributed by atoms with Gasteiger partial charge in [0.25, 0.3) is 0 Å². The molecule has 1 aromatic heterocycles. The van der Waals surface area contributed by atoms with Crippen molar-refractivity contribution in [2.24, 2.45) is 0 Å². The Bertz CT molecular complexity index is 522. The lowest BCUT2D eigenvalue weighted by Gasteiger charge is -2.36. The van der Waals surface area contributed by atoms with E-state index in [2.05, 4.69) is 45.3 Å². The highest BCUT2D eigenvalue weighted by molar-refractivity contribution is 5.46. The van der Waals surface area contributed by atoms with Crippen LogP contribution in [-0.2, 0) is 11.3 Å². The molecule has 0 radical (unpaired) electrons. The summed E-state index contributed by atoms with van der Waals surface area (Å²) in [6.45, 7) is 6.86. The van der Waals surface area contributed by atoms with Crippen LogP contribution in [0.5, 0.6) is 0 Å². The van der Waals surface area contributed by atoms with Crippen molar-refractivity contribution in [1.29, 1.82) is 0 Å². The van der Waals surface area contributed by atoms with Crippen molar-refractivity contribution in [2.75, 3.05) is 44.2 Å². The molecule has 5 heteroatoms. The number of nitrogens with zero attached hydrogens (tertiary/aromatic N) is 3.